The molecule has 6 heteroatoms. The molecule has 5 aliphatic rings. The zero-order valence-electron chi connectivity index (χ0n) is 20.6. The molecule has 0 unspecified atom stereocenters. The minimum absolute atomic E-state index is 0.0170. The Kier molecular flexibility index (Phi) is 5.72. The van der Waals surface area contributed by atoms with Gasteiger partial charge in [-0.2, -0.15) is 0 Å². The molecule has 5 atom stereocenters. The summed E-state index contributed by atoms with van der Waals surface area (Å²) in [7, 11) is 0. The Morgan fingerprint density at radius 1 is 1.21 bits per heavy atom. The van der Waals surface area contributed by atoms with Crippen LogP contribution in [0.25, 0.3) is 0 Å². The Morgan fingerprint density at radius 2 is 1.94 bits per heavy atom. The number of phenolic OH excluding ortho intramolecular Hbond substituents is 1. The van der Waals surface area contributed by atoms with Crippen molar-refractivity contribution in [2.75, 3.05) is 26.2 Å². The van der Waals surface area contributed by atoms with Crippen LogP contribution in [0.5, 0.6) is 11.5 Å². The first kappa shape index (κ1) is 23.3. The van der Waals surface area contributed by atoms with Gasteiger partial charge in [0.05, 0.1) is 6.61 Å². The molecule has 2 aliphatic heterocycles. The summed E-state index contributed by atoms with van der Waals surface area (Å²) in [6.45, 7) is 11.5. The number of nitrogens with zero attached hydrogens (tertiary/aromatic N) is 1. The van der Waals surface area contributed by atoms with Crippen LogP contribution in [-0.4, -0.2) is 59.0 Å². The highest BCUT2D eigenvalue weighted by atomic mass is 16.6. The molecular weight excluding hydrogens is 430 g/mol. The van der Waals surface area contributed by atoms with E-state index in [1.165, 1.54) is 6.07 Å². The van der Waals surface area contributed by atoms with Gasteiger partial charge in [0.25, 0.3) is 0 Å². The number of hydrogen-bond donors (Lipinski definition) is 1. The third-order valence-electron chi connectivity index (χ3n) is 8.15. The van der Waals surface area contributed by atoms with Crippen LogP contribution in [0.15, 0.2) is 41.5 Å². The maximum atomic E-state index is 14.2. The van der Waals surface area contributed by atoms with Gasteiger partial charge < -0.3 is 19.5 Å². The van der Waals surface area contributed by atoms with Gasteiger partial charge in [-0.25, -0.2) is 0 Å². The molecule has 0 aromatic heterocycles. The molecule has 1 spiro atoms. The Labute approximate surface area is 201 Å². The minimum atomic E-state index is -1.22. The number of hydrogen-bond acceptors (Lipinski definition) is 6. The summed E-state index contributed by atoms with van der Waals surface area (Å²) < 4.78 is 13.2. The number of Topliss-reactive ketones (excluding diaryl/α,β-unsaturated/α-hetero) is 2. The molecule has 0 radical (unpaired) electrons. The molecule has 2 heterocycles. The van der Waals surface area contributed by atoms with Gasteiger partial charge >= 0.3 is 0 Å². The first-order valence-corrected chi connectivity index (χ1v) is 12.6. The van der Waals surface area contributed by atoms with Gasteiger partial charge in [-0.15, -0.1) is 0 Å². The van der Waals surface area contributed by atoms with Gasteiger partial charge in [0.1, 0.15) is 17.1 Å². The van der Waals surface area contributed by atoms with E-state index in [1.807, 2.05) is 26.0 Å². The number of rotatable bonds is 8. The molecule has 1 aromatic carbocycles. The monoisotopic (exact) mass is 465 g/mol. The summed E-state index contributed by atoms with van der Waals surface area (Å²) in [4.78, 5) is 30.4. The third kappa shape index (κ3) is 3.01. The predicted octanol–water partition coefficient (Wildman–Crippen LogP) is 4.32. The van der Waals surface area contributed by atoms with Gasteiger partial charge in [0.15, 0.2) is 22.8 Å². The smallest absolute Gasteiger partial charge is 0.200 e. The molecule has 1 aromatic rings. The highest BCUT2D eigenvalue weighted by molar-refractivity contribution is 6.18. The molecule has 2 fully saturated rings. The van der Waals surface area contributed by atoms with Crippen LogP contribution >= 0.6 is 0 Å². The molecule has 6 rings (SSSR count). The third-order valence-corrected chi connectivity index (χ3v) is 8.15. The zero-order chi connectivity index (χ0) is 24.3. The van der Waals surface area contributed by atoms with Crippen molar-refractivity contribution >= 4 is 11.6 Å². The molecule has 34 heavy (non-hydrogen) atoms. The van der Waals surface area contributed by atoms with E-state index in [0.717, 1.165) is 38.0 Å². The molecule has 4 bridgehead atoms. The fraction of sp³-hybridized carbons (Fsp3) is 0.571. The SMILES string of the molecule is CCCN(CCC)C[C@@H]1[C@H]2CO[C@@]3(CC=C(C)C)C(=O)[C@@H]1C=C1C(=O)c4c(O)cccc4O[C@]123. The summed E-state index contributed by atoms with van der Waals surface area (Å²) in [5.74, 6) is -0.467. The van der Waals surface area contributed by atoms with Crippen molar-refractivity contribution in [1.29, 1.82) is 0 Å². The van der Waals surface area contributed by atoms with E-state index >= 15 is 0 Å². The Bertz CT molecular complexity index is 1080. The lowest BCUT2D eigenvalue weighted by Crippen LogP contribution is -2.74. The second-order valence-electron chi connectivity index (χ2n) is 10.5. The van der Waals surface area contributed by atoms with Crippen LogP contribution in [0.2, 0.25) is 0 Å². The number of carbonyl (C=O) groups excluding carboxylic acids is 2. The lowest BCUT2D eigenvalue weighted by Gasteiger charge is -2.58. The van der Waals surface area contributed by atoms with Gasteiger partial charge in [-0.3, -0.25) is 9.59 Å². The predicted molar refractivity (Wildman–Crippen MR) is 129 cm³/mol. The van der Waals surface area contributed by atoms with E-state index in [4.69, 9.17) is 9.47 Å². The van der Waals surface area contributed by atoms with Crippen LogP contribution in [0.1, 0.15) is 57.3 Å². The second-order valence-corrected chi connectivity index (χ2v) is 10.5. The quantitative estimate of drug-likeness (QED) is 0.576. The highest BCUT2D eigenvalue weighted by Crippen LogP contribution is 2.65. The Morgan fingerprint density at radius 3 is 2.62 bits per heavy atom. The van der Waals surface area contributed by atoms with Crippen LogP contribution < -0.4 is 4.74 Å². The number of aromatic hydroxyl groups is 1. The van der Waals surface area contributed by atoms with Gasteiger partial charge in [0.2, 0.25) is 0 Å². The fourth-order valence-corrected chi connectivity index (χ4v) is 6.79. The van der Waals surface area contributed by atoms with Crippen molar-refractivity contribution < 1.29 is 24.2 Å². The van der Waals surface area contributed by atoms with Gasteiger partial charge in [-0.1, -0.05) is 37.6 Å². The molecular formula is C28H35NO5. The maximum Gasteiger partial charge on any atom is 0.200 e. The number of phenols is 1. The van der Waals surface area contributed by atoms with Crippen LogP contribution in [-0.2, 0) is 9.53 Å². The normalized spacial score (nSPS) is 32.9. The van der Waals surface area contributed by atoms with E-state index in [1.54, 1.807) is 12.1 Å². The van der Waals surface area contributed by atoms with E-state index in [2.05, 4.69) is 18.7 Å². The van der Waals surface area contributed by atoms with Crippen molar-refractivity contribution in [3.8, 4) is 11.5 Å². The zero-order valence-corrected chi connectivity index (χ0v) is 20.6. The highest BCUT2D eigenvalue weighted by Gasteiger charge is 2.79. The summed E-state index contributed by atoms with van der Waals surface area (Å²) >= 11 is 0. The summed E-state index contributed by atoms with van der Waals surface area (Å²) in [6, 6.07) is 4.90. The molecule has 182 valence electrons. The van der Waals surface area contributed by atoms with Crippen molar-refractivity contribution in [3.05, 3.63) is 47.1 Å². The Hall–Kier alpha value is -2.44. The van der Waals surface area contributed by atoms with Gasteiger partial charge in [-0.05, 0) is 57.8 Å². The molecule has 1 saturated carbocycles. The van der Waals surface area contributed by atoms with Crippen molar-refractivity contribution in [1.82, 2.24) is 4.90 Å². The van der Waals surface area contributed by atoms with E-state index in [-0.39, 0.29) is 34.7 Å². The number of fused-ring (bicyclic) bond motifs is 1. The molecule has 0 amide bonds. The largest absolute Gasteiger partial charge is 0.507 e. The number of ketones is 2. The minimum Gasteiger partial charge on any atom is -0.507 e. The molecule has 1 N–H and O–H groups in total. The van der Waals surface area contributed by atoms with E-state index < -0.39 is 17.1 Å². The molecule has 3 aliphatic carbocycles. The first-order chi connectivity index (χ1) is 16.3. The van der Waals surface area contributed by atoms with Crippen molar-refractivity contribution in [2.24, 2.45) is 17.8 Å². The Balaban J connectivity index is 1.67. The second kappa shape index (κ2) is 8.35. The first-order valence-electron chi connectivity index (χ1n) is 12.6. The maximum absolute atomic E-state index is 14.2. The lowest BCUT2D eigenvalue weighted by molar-refractivity contribution is -0.171. The number of benzene rings is 1. The van der Waals surface area contributed by atoms with Crippen molar-refractivity contribution in [2.45, 2.75) is 58.2 Å². The van der Waals surface area contributed by atoms with Crippen molar-refractivity contribution in [3.63, 3.8) is 0 Å². The molecule has 6 nitrogen and oxygen atoms in total. The van der Waals surface area contributed by atoms with Crippen LogP contribution in [0, 0.1) is 17.8 Å². The average molecular weight is 466 g/mol. The lowest BCUT2D eigenvalue weighted by atomic mass is 9.49. The van der Waals surface area contributed by atoms with Gasteiger partial charge in [0, 0.05) is 30.4 Å². The number of ether oxygens (including phenoxy) is 2. The summed E-state index contributed by atoms with van der Waals surface area (Å²) in [6.07, 6.45) is 6.34. The van der Waals surface area contributed by atoms with E-state index in [0.29, 0.717) is 24.4 Å². The summed E-state index contributed by atoms with van der Waals surface area (Å²) in [5.41, 5.74) is -0.626. The fourth-order valence-electron chi connectivity index (χ4n) is 6.79. The number of carbonyl (C=O) groups is 2. The van der Waals surface area contributed by atoms with Crippen LogP contribution in [0.4, 0.5) is 0 Å². The standard InChI is InChI=1S/C28H35NO5/c1-5-12-29(13-6-2)15-19-18-14-20-25(31)24-22(30)8-7-9-23(24)34-28(20)21(19)16-33-27(28,26(18)32)11-10-17(3)4/h7-10,14,18-19,21,30H,5-6,11-13,15-16H2,1-4H3/t18-,19+,21-,27+,28-/m1/s1. The van der Waals surface area contributed by atoms with E-state index in [9.17, 15) is 14.7 Å². The van der Waals surface area contributed by atoms with Crippen LogP contribution in [0.3, 0.4) is 0 Å². The summed E-state index contributed by atoms with van der Waals surface area (Å²) in [5, 5.41) is 10.5. The average Bonchev–Trinajstić information content (AvgIpc) is 3.08. The topological polar surface area (TPSA) is 76.1 Å². The number of allylic oxidation sites excluding steroid dienone is 2. The molecule has 1 saturated heterocycles.